The lowest BCUT2D eigenvalue weighted by atomic mass is 10.2. The van der Waals surface area contributed by atoms with Crippen LogP contribution < -0.4 is 10.6 Å². The Morgan fingerprint density at radius 2 is 1.81 bits per heavy atom. The number of nitrogens with one attached hydrogen (secondary N) is 2. The Morgan fingerprint density at radius 3 is 2.38 bits per heavy atom. The van der Waals surface area contributed by atoms with Crippen molar-refractivity contribution in [3.8, 4) is 0 Å². The van der Waals surface area contributed by atoms with Gasteiger partial charge in [-0.1, -0.05) is 0 Å². The van der Waals surface area contributed by atoms with E-state index in [0.717, 1.165) is 18.3 Å². The first-order chi connectivity index (χ1) is 9.90. The molecule has 0 radical (unpaired) electrons. The molecule has 0 atom stereocenters. The predicted octanol–water partition coefficient (Wildman–Crippen LogP) is 3.81. The van der Waals surface area contributed by atoms with Gasteiger partial charge in [0.1, 0.15) is 0 Å². The van der Waals surface area contributed by atoms with Crippen LogP contribution in [0.25, 0.3) is 0 Å². The molecule has 1 aromatic carbocycles. The van der Waals surface area contributed by atoms with E-state index in [4.69, 9.17) is 0 Å². The Labute approximate surface area is 118 Å². The number of anilines is 3. The summed E-state index contributed by atoms with van der Waals surface area (Å²) in [6.45, 7) is 2.39. The van der Waals surface area contributed by atoms with Gasteiger partial charge in [-0.05, 0) is 31.2 Å². The van der Waals surface area contributed by atoms with Crippen LogP contribution in [-0.2, 0) is 6.18 Å². The Bertz CT molecular complexity index is 611. The number of hydrogen-bond acceptors (Lipinski definition) is 4. The third kappa shape index (κ3) is 3.80. The Balaban J connectivity index is 2.20. The van der Waals surface area contributed by atoms with Crippen molar-refractivity contribution in [3.05, 3.63) is 41.8 Å². The van der Waals surface area contributed by atoms with Crippen LogP contribution in [-0.4, -0.2) is 16.5 Å². The molecule has 112 valence electrons. The lowest BCUT2D eigenvalue weighted by Crippen LogP contribution is -2.07. The first-order valence-corrected chi connectivity index (χ1v) is 6.11. The Kier molecular flexibility index (Phi) is 4.25. The molecular weight excluding hydrogens is 288 g/mol. The van der Waals surface area contributed by atoms with E-state index in [1.807, 2.05) is 6.92 Å². The fourth-order valence-corrected chi connectivity index (χ4v) is 1.58. The highest BCUT2D eigenvalue weighted by atomic mass is 19.4. The molecule has 8 heteroatoms. The normalized spacial score (nSPS) is 11.3. The Morgan fingerprint density at radius 1 is 1.14 bits per heavy atom. The molecule has 0 fully saturated rings. The lowest BCUT2D eigenvalue weighted by molar-refractivity contribution is -0.137. The summed E-state index contributed by atoms with van der Waals surface area (Å²) >= 11 is 0. The van der Waals surface area contributed by atoms with Crippen LogP contribution in [0, 0.1) is 5.82 Å². The van der Waals surface area contributed by atoms with Crippen LogP contribution in [0.5, 0.6) is 0 Å². The zero-order chi connectivity index (χ0) is 15.5. The van der Waals surface area contributed by atoms with Crippen molar-refractivity contribution in [2.45, 2.75) is 13.1 Å². The van der Waals surface area contributed by atoms with Gasteiger partial charge in [-0.15, -0.1) is 0 Å². The Hall–Kier alpha value is -2.38. The highest BCUT2D eigenvalue weighted by Gasteiger charge is 2.29. The third-order valence-corrected chi connectivity index (χ3v) is 2.55. The van der Waals surface area contributed by atoms with Gasteiger partial charge in [-0.2, -0.15) is 18.2 Å². The van der Waals surface area contributed by atoms with E-state index in [2.05, 4.69) is 20.6 Å². The van der Waals surface area contributed by atoms with E-state index >= 15 is 0 Å². The van der Waals surface area contributed by atoms with Crippen molar-refractivity contribution in [1.29, 1.82) is 0 Å². The average molecular weight is 300 g/mol. The van der Waals surface area contributed by atoms with Crippen LogP contribution in [0.3, 0.4) is 0 Å². The van der Waals surface area contributed by atoms with Crippen molar-refractivity contribution in [2.75, 3.05) is 17.2 Å². The molecular formula is C13H12F4N4. The van der Waals surface area contributed by atoms with Gasteiger partial charge < -0.3 is 10.6 Å². The maximum Gasteiger partial charge on any atom is 0.416 e. The second-order valence-electron chi connectivity index (χ2n) is 4.12. The van der Waals surface area contributed by atoms with E-state index in [0.29, 0.717) is 12.2 Å². The second-order valence-corrected chi connectivity index (χ2v) is 4.12. The molecule has 2 aromatic rings. The topological polar surface area (TPSA) is 49.8 Å². The van der Waals surface area contributed by atoms with Crippen molar-refractivity contribution in [1.82, 2.24) is 9.97 Å². The zero-order valence-corrected chi connectivity index (χ0v) is 11.0. The third-order valence-electron chi connectivity index (χ3n) is 2.55. The highest BCUT2D eigenvalue weighted by Crippen LogP contribution is 2.30. The molecule has 2 N–H and O–H groups in total. The molecule has 2 rings (SSSR count). The van der Waals surface area contributed by atoms with Crippen LogP contribution in [0.2, 0.25) is 0 Å². The molecule has 4 nitrogen and oxygen atoms in total. The molecule has 0 aliphatic rings. The molecule has 1 heterocycles. The van der Waals surface area contributed by atoms with Crippen LogP contribution in [0.15, 0.2) is 30.5 Å². The van der Waals surface area contributed by atoms with Crippen molar-refractivity contribution in [3.63, 3.8) is 0 Å². The van der Waals surface area contributed by atoms with Gasteiger partial charge in [0.2, 0.25) is 5.95 Å². The van der Waals surface area contributed by atoms with E-state index < -0.39 is 17.6 Å². The number of rotatable bonds is 4. The van der Waals surface area contributed by atoms with Gasteiger partial charge in [0, 0.05) is 12.2 Å². The SMILES string of the molecule is CCNc1ncc(F)c(Nc2ccc(C(F)(F)F)cc2)n1. The van der Waals surface area contributed by atoms with Crippen molar-refractivity contribution >= 4 is 17.5 Å². The summed E-state index contributed by atoms with van der Waals surface area (Å²) < 4.78 is 50.9. The fraction of sp³-hybridized carbons (Fsp3) is 0.231. The van der Waals surface area contributed by atoms with Gasteiger partial charge in [0.05, 0.1) is 11.8 Å². The minimum absolute atomic E-state index is 0.110. The first kappa shape index (κ1) is 15.0. The number of nitrogens with zero attached hydrogens (tertiary/aromatic N) is 2. The summed E-state index contributed by atoms with van der Waals surface area (Å²) in [5.74, 6) is -0.578. The van der Waals surface area contributed by atoms with Gasteiger partial charge >= 0.3 is 6.18 Å². The van der Waals surface area contributed by atoms with Crippen LogP contribution in [0.1, 0.15) is 12.5 Å². The molecule has 0 saturated carbocycles. The van der Waals surface area contributed by atoms with Crippen LogP contribution in [0.4, 0.5) is 35.0 Å². The molecule has 0 amide bonds. The number of aromatic nitrogens is 2. The molecule has 1 aromatic heterocycles. The minimum Gasteiger partial charge on any atom is -0.354 e. The molecule has 0 aliphatic heterocycles. The van der Waals surface area contributed by atoms with Gasteiger partial charge in [0.15, 0.2) is 11.6 Å². The van der Waals surface area contributed by atoms with Crippen molar-refractivity contribution in [2.24, 2.45) is 0 Å². The zero-order valence-electron chi connectivity index (χ0n) is 11.0. The van der Waals surface area contributed by atoms with Crippen molar-refractivity contribution < 1.29 is 17.6 Å². The number of hydrogen-bond donors (Lipinski definition) is 2. The standard InChI is InChI=1S/C13H12F4N4/c1-2-18-12-19-7-10(14)11(21-12)20-9-5-3-8(4-6-9)13(15,16)17/h3-7H,2H2,1H3,(H2,18,19,20,21). The monoisotopic (exact) mass is 300 g/mol. The molecule has 0 saturated heterocycles. The molecule has 0 aliphatic carbocycles. The summed E-state index contributed by atoms with van der Waals surface area (Å²) in [5.41, 5.74) is -0.479. The minimum atomic E-state index is -4.41. The fourth-order valence-electron chi connectivity index (χ4n) is 1.58. The van der Waals surface area contributed by atoms with Gasteiger partial charge in [-0.3, -0.25) is 0 Å². The summed E-state index contributed by atoms with van der Waals surface area (Å²) in [7, 11) is 0. The average Bonchev–Trinajstić information content (AvgIpc) is 2.42. The van der Waals surface area contributed by atoms with E-state index in [9.17, 15) is 17.6 Å². The molecule has 0 bridgehead atoms. The smallest absolute Gasteiger partial charge is 0.354 e. The van der Waals surface area contributed by atoms with Gasteiger partial charge in [0.25, 0.3) is 0 Å². The van der Waals surface area contributed by atoms with E-state index in [1.165, 1.54) is 12.1 Å². The largest absolute Gasteiger partial charge is 0.416 e. The summed E-state index contributed by atoms with van der Waals surface area (Å²) in [6, 6.07) is 4.23. The first-order valence-electron chi connectivity index (χ1n) is 6.11. The maximum absolute atomic E-state index is 13.6. The summed E-state index contributed by atoms with van der Waals surface area (Å²) in [5, 5.41) is 5.43. The quantitative estimate of drug-likeness (QED) is 0.843. The van der Waals surface area contributed by atoms with E-state index in [-0.39, 0.29) is 11.8 Å². The van der Waals surface area contributed by atoms with E-state index in [1.54, 1.807) is 0 Å². The molecule has 0 unspecified atom stereocenters. The molecule has 0 spiro atoms. The maximum atomic E-state index is 13.6. The second kappa shape index (κ2) is 5.94. The lowest BCUT2D eigenvalue weighted by Gasteiger charge is -2.10. The number of halogens is 4. The van der Waals surface area contributed by atoms with Crippen LogP contribution >= 0.6 is 0 Å². The van der Waals surface area contributed by atoms with Gasteiger partial charge in [-0.25, -0.2) is 9.37 Å². The summed E-state index contributed by atoms with van der Waals surface area (Å²) in [4.78, 5) is 7.63. The predicted molar refractivity (Wildman–Crippen MR) is 70.9 cm³/mol. The molecule has 21 heavy (non-hydrogen) atoms. The highest BCUT2D eigenvalue weighted by molar-refractivity contribution is 5.57. The number of benzene rings is 1. The summed E-state index contributed by atoms with van der Waals surface area (Å²) in [6.07, 6.45) is -3.42. The number of alkyl halides is 3.